The van der Waals surface area contributed by atoms with Crippen molar-refractivity contribution in [2.45, 2.75) is 39.7 Å². The van der Waals surface area contributed by atoms with Crippen LogP contribution in [0.4, 0.5) is 11.8 Å². The van der Waals surface area contributed by atoms with Gasteiger partial charge in [-0.1, -0.05) is 26.0 Å². The Balaban J connectivity index is 2.11. The second kappa shape index (κ2) is 5.88. The van der Waals surface area contributed by atoms with E-state index >= 15 is 0 Å². The molecule has 112 valence electrons. The molecule has 0 amide bonds. The maximum Gasteiger partial charge on any atom is 0.225 e. The predicted octanol–water partition coefficient (Wildman–Crippen LogP) is 3.69. The van der Waals surface area contributed by atoms with Crippen LogP contribution in [0, 0.1) is 5.92 Å². The Kier molecular flexibility index (Phi) is 3.95. The molecular formula is C17H24N4. The summed E-state index contributed by atoms with van der Waals surface area (Å²) in [5.41, 5.74) is 1.02. The average molecular weight is 284 g/mol. The first-order valence-corrected chi connectivity index (χ1v) is 7.98. The Morgan fingerprint density at radius 1 is 1.29 bits per heavy atom. The van der Waals surface area contributed by atoms with Crippen LogP contribution in [-0.4, -0.2) is 29.1 Å². The molecule has 21 heavy (non-hydrogen) atoms. The van der Waals surface area contributed by atoms with Crippen LogP contribution in [0.1, 0.15) is 33.6 Å². The Labute approximate surface area is 126 Å². The topological polar surface area (TPSA) is 41.1 Å². The third-order valence-corrected chi connectivity index (χ3v) is 4.26. The highest BCUT2D eigenvalue weighted by Crippen LogP contribution is 2.33. The number of hydrogen-bond acceptors (Lipinski definition) is 4. The standard InChI is InChI=1S/C17H24N4/c1-4-18-17-19-14-9-6-5-8-13(14)16(20-17)21-11-7-10-15(21)12(2)3/h5-6,8-9,12,15H,4,7,10-11H2,1-3H3,(H,18,19,20). The van der Waals surface area contributed by atoms with Crippen LogP contribution >= 0.6 is 0 Å². The van der Waals surface area contributed by atoms with Crippen molar-refractivity contribution in [2.24, 2.45) is 5.92 Å². The Bertz CT molecular complexity index is 623. The van der Waals surface area contributed by atoms with E-state index in [-0.39, 0.29) is 0 Å². The molecule has 1 atom stereocenters. The van der Waals surface area contributed by atoms with Gasteiger partial charge >= 0.3 is 0 Å². The first kappa shape index (κ1) is 14.1. The monoisotopic (exact) mass is 284 g/mol. The minimum atomic E-state index is 0.581. The highest BCUT2D eigenvalue weighted by Gasteiger charge is 2.29. The maximum atomic E-state index is 4.81. The molecule has 0 aliphatic carbocycles. The van der Waals surface area contributed by atoms with E-state index in [1.807, 2.05) is 6.07 Å². The summed E-state index contributed by atoms with van der Waals surface area (Å²) in [4.78, 5) is 11.9. The molecule has 1 saturated heterocycles. The molecule has 0 bridgehead atoms. The van der Waals surface area contributed by atoms with Crippen LogP contribution in [0.15, 0.2) is 24.3 Å². The molecule has 1 aliphatic rings. The molecule has 1 aromatic heterocycles. The number of fused-ring (bicyclic) bond motifs is 1. The summed E-state index contributed by atoms with van der Waals surface area (Å²) in [5.74, 6) is 2.47. The fourth-order valence-electron chi connectivity index (χ4n) is 3.26. The quantitative estimate of drug-likeness (QED) is 0.929. The first-order valence-electron chi connectivity index (χ1n) is 7.98. The lowest BCUT2D eigenvalue weighted by atomic mass is 10.0. The van der Waals surface area contributed by atoms with Gasteiger partial charge in [-0.3, -0.25) is 0 Å². The fourth-order valence-corrected chi connectivity index (χ4v) is 3.26. The van der Waals surface area contributed by atoms with Gasteiger partial charge in [-0.05, 0) is 37.8 Å². The number of aromatic nitrogens is 2. The molecule has 3 rings (SSSR count). The minimum Gasteiger partial charge on any atom is -0.354 e. The van der Waals surface area contributed by atoms with Crippen LogP contribution < -0.4 is 10.2 Å². The Hall–Kier alpha value is -1.84. The lowest BCUT2D eigenvalue weighted by molar-refractivity contribution is 0.490. The van der Waals surface area contributed by atoms with Crippen molar-refractivity contribution in [3.05, 3.63) is 24.3 Å². The van der Waals surface area contributed by atoms with Crippen LogP contribution in [0.25, 0.3) is 10.9 Å². The number of nitrogens with one attached hydrogen (secondary N) is 1. The van der Waals surface area contributed by atoms with Gasteiger partial charge in [0.15, 0.2) is 0 Å². The summed E-state index contributed by atoms with van der Waals surface area (Å²) < 4.78 is 0. The molecule has 0 radical (unpaired) electrons. The SMILES string of the molecule is CCNc1nc(N2CCCC2C(C)C)c2ccccc2n1. The van der Waals surface area contributed by atoms with Crippen molar-refractivity contribution >= 4 is 22.7 Å². The molecule has 4 nitrogen and oxygen atoms in total. The minimum absolute atomic E-state index is 0.581. The summed E-state index contributed by atoms with van der Waals surface area (Å²) in [6, 6.07) is 8.90. The van der Waals surface area contributed by atoms with Crippen LogP contribution in [-0.2, 0) is 0 Å². The van der Waals surface area contributed by atoms with Crippen molar-refractivity contribution in [1.29, 1.82) is 0 Å². The molecule has 1 aliphatic heterocycles. The van der Waals surface area contributed by atoms with E-state index in [1.54, 1.807) is 0 Å². The van der Waals surface area contributed by atoms with Crippen molar-refractivity contribution in [3.63, 3.8) is 0 Å². The summed E-state index contributed by atoms with van der Waals surface area (Å²) in [5, 5.41) is 4.42. The zero-order chi connectivity index (χ0) is 14.8. The van der Waals surface area contributed by atoms with Gasteiger partial charge in [-0.25, -0.2) is 4.98 Å². The zero-order valence-corrected chi connectivity index (χ0v) is 13.1. The van der Waals surface area contributed by atoms with Crippen LogP contribution in [0.3, 0.4) is 0 Å². The molecule has 1 fully saturated rings. The largest absolute Gasteiger partial charge is 0.354 e. The van der Waals surface area contributed by atoms with E-state index in [4.69, 9.17) is 4.98 Å². The third-order valence-electron chi connectivity index (χ3n) is 4.26. The average Bonchev–Trinajstić information content (AvgIpc) is 2.96. The highest BCUT2D eigenvalue weighted by molar-refractivity contribution is 5.90. The summed E-state index contributed by atoms with van der Waals surface area (Å²) in [7, 11) is 0. The van der Waals surface area contributed by atoms with Crippen molar-refractivity contribution in [3.8, 4) is 0 Å². The molecule has 2 heterocycles. The molecule has 4 heteroatoms. The molecule has 1 aromatic carbocycles. The van der Waals surface area contributed by atoms with E-state index in [2.05, 4.69) is 54.2 Å². The van der Waals surface area contributed by atoms with Gasteiger partial charge in [-0.2, -0.15) is 4.98 Å². The molecule has 0 spiro atoms. The lowest BCUT2D eigenvalue weighted by Crippen LogP contribution is -2.34. The lowest BCUT2D eigenvalue weighted by Gasteiger charge is -2.29. The van der Waals surface area contributed by atoms with Gasteiger partial charge < -0.3 is 10.2 Å². The van der Waals surface area contributed by atoms with Gasteiger partial charge in [0.2, 0.25) is 5.95 Å². The number of benzene rings is 1. The van der Waals surface area contributed by atoms with Gasteiger partial charge in [0, 0.05) is 24.5 Å². The van der Waals surface area contributed by atoms with Crippen molar-refractivity contribution < 1.29 is 0 Å². The number of anilines is 2. The number of rotatable bonds is 4. The molecule has 0 saturated carbocycles. The van der Waals surface area contributed by atoms with E-state index in [0.29, 0.717) is 12.0 Å². The first-order chi connectivity index (χ1) is 10.2. The van der Waals surface area contributed by atoms with Gasteiger partial charge in [-0.15, -0.1) is 0 Å². The Morgan fingerprint density at radius 2 is 2.10 bits per heavy atom. The smallest absolute Gasteiger partial charge is 0.225 e. The molecule has 1 unspecified atom stereocenters. The van der Waals surface area contributed by atoms with Crippen molar-refractivity contribution in [2.75, 3.05) is 23.3 Å². The fraction of sp³-hybridized carbons (Fsp3) is 0.529. The predicted molar refractivity (Wildman–Crippen MR) is 88.9 cm³/mol. The van der Waals surface area contributed by atoms with E-state index in [9.17, 15) is 0 Å². The number of hydrogen-bond donors (Lipinski definition) is 1. The highest BCUT2D eigenvalue weighted by atomic mass is 15.3. The second-order valence-electron chi connectivity index (χ2n) is 6.07. The molecule has 1 N–H and O–H groups in total. The third kappa shape index (κ3) is 2.67. The normalized spacial score (nSPS) is 18.7. The second-order valence-corrected chi connectivity index (χ2v) is 6.07. The molecular weight excluding hydrogens is 260 g/mol. The Morgan fingerprint density at radius 3 is 2.86 bits per heavy atom. The maximum absolute atomic E-state index is 4.81. The van der Waals surface area contributed by atoms with Gasteiger partial charge in [0.1, 0.15) is 5.82 Å². The summed E-state index contributed by atoms with van der Waals surface area (Å²) in [6.45, 7) is 8.61. The van der Waals surface area contributed by atoms with E-state index in [0.717, 1.165) is 35.8 Å². The summed E-state index contributed by atoms with van der Waals surface area (Å²) >= 11 is 0. The number of para-hydroxylation sites is 1. The zero-order valence-electron chi connectivity index (χ0n) is 13.1. The van der Waals surface area contributed by atoms with Crippen molar-refractivity contribution in [1.82, 2.24) is 9.97 Å². The van der Waals surface area contributed by atoms with Gasteiger partial charge in [0.05, 0.1) is 5.52 Å². The van der Waals surface area contributed by atoms with E-state index in [1.165, 1.54) is 12.8 Å². The van der Waals surface area contributed by atoms with Crippen LogP contribution in [0.2, 0.25) is 0 Å². The van der Waals surface area contributed by atoms with Gasteiger partial charge in [0.25, 0.3) is 0 Å². The van der Waals surface area contributed by atoms with E-state index < -0.39 is 0 Å². The molecule has 2 aromatic rings. The summed E-state index contributed by atoms with van der Waals surface area (Å²) in [6.07, 6.45) is 2.50. The van der Waals surface area contributed by atoms with Crippen LogP contribution in [0.5, 0.6) is 0 Å². The number of nitrogens with zero attached hydrogens (tertiary/aromatic N) is 3.